The summed E-state index contributed by atoms with van der Waals surface area (Å²) in [4.78, 5) is 11.8. The fourth-order valence-electron chi connectivity index (χ4n) is 3.74. The smallest absolute Gasteiger partial charge is 0.229 e. The fourth-order valence-corrected chi connectivity index (χ4v) is 3.74. The Morgan fingerprint density at radius 1 is 1.24 bits per heavy atom. The molecule has 1 fully saturated rings. The monoisotopic (exact) mass is 387 g/mol. The maximum Gasteiger partial charge on any atom is 0.229 e. The van der Waals surface area contributed by atoms with E-state index >= 15 is 0 Å². The Morgan fingerprint density at radius 3 is 2.93 bits per heavy atom. The molecule has 1 aromatic heterocycles. The molecule has 29 heavy (non-hydrogen) atoms. The number of aromatic nitrogens is 2. The lowest BCUT2D eigenvalue weighted by Gasteiger charge is -2.20. The second kappa shape index (κ2) is 8.33. The second-order valence-electron chi connectivity index (χ2n) is 7.35. The predicted molar refractivity (Wildman–Crippen MR) is 117 cm³/mol. The lowest BCUT2D eigenvalue weighted by molar-refractivity contribution is 0.549. The number of fused-ring (bicyclic) bond motifs is 1. The van der Waals surface area contributed by atoms with Crippen LogP contribution in [0, 0.1) is 11.3 Å². The van der Waals surface area contributed by atoms with Crippen molar-refractivity contribution in [1.29, 1.82) is 5.26 Å². The highest BCUT2D eigenvalue weighted by Gasteiger charge is 2.25. The molecule has 4 N–H and O–H groups in total. The number of nitriles is 1. The van der Waals surface area contributed by atoms with Gasteiger partial charge in [0.15, 0.2) is 0 Å². The summed E-state index contributed by atoms with van der Waals surface area (Å²) in [5, 5.41) is 17.1. The number of nitrogens with one attached hydrogen (secondary N) is 2. The number of benzene rings is 2. The van der Waals surface area contributed by atoms with Gasteiger partial charge in [0.05, 0.1) is 17.1 Å². The van der Waals surface area contributed by atoms with Crippen LogP contribution in [0.15, 0.2) is 42.5 Å². The van der Waals surface area contributed by atoms with Gasteiger partial charge in [0.2, 0.25) is 5.95 Å². The maximum absolute atomic E-state index is 9.19. The van der Waals surface area contributed by atoms with Gasteiger partial charge in [-0.25, -0.2) is 4.98 Å². The highest BCUT2D eigenvalue weighted by atomic mass is 15.3. The zero-order chi connectivity index (χ0) is 20.2. The molecule has 0 radical (unpaired) electrons. The maximum atomic E-state index is 9.19. The number of rotatable bonds is 6. The zero-order valence-corrected chi connectivity index (χ0v) is 16.5. The molecular formula is C22H25N7. The van der Waals surface area contributed by atoms with Crippen molar-refractivity contribution in [3.8, 4) is 6.07 Å². The molecule has 0 aliphatic carbocycles. The first kappa shape index (κ1) is 19.0. The zero-order valence-electron chi connectivity index (χ0n) is 16.5. The van der Waals surface area contributed by atoms with Crippen molar-refractivity contribution in [3.63, 3.8) is 0 Å². The molecule has 1 saturated heterocycles. The summed E-state index contributed by atoms with van der Waals surface area (Å²) >= 11 is 0. The molecule has 0 saturated carbocycles. The summed E-state index contributed by atoms with van der Waals surface area (Å²) in [6.07, 6.45) is 2.23. The SMILES string of the molecule is CCCN[C@H]1CCN(c2nc(Nc3cc(N)cc(C#N)c3)nc3ccccc23)C1. The number of hydrogen-bond donors (Lipinski definition) is 3. The Morgan fingerprint density at radius 2 is 2.10 bits per heavy atom. The van der Waals surface area contributed by atoms with Crippen LogP contribution in [0.1, 0.15) is 25.3 Å². The molecule has 7 heteroatoms. The topological polar surface area (TPSA) is 103 Å². The summed E-state index contributed by atoms with van der Waals surface area (Å²) in [7, 11) is 0. The molecule has 148 valence electrons. The highest BCUT2D eigenvalue weighted by molar-refractivity contribution is 5.91. The molecule has 3 aromatic rings. The van der Waals surface area contributed by atoms with Gasteiger partial charge in [-0.2, -0.15) is 10.2 Å². The molecule has 0 bridgehead atoms. The van der Waals surface area contributed by atoms with E-state index in [0.29, 0.717) is 28.9 Å². The predicted octanol–water partition coefficient (Wildman–Crippen LogP) is 3.41. The molecule has 2 aromatic carbocycles. The van der Waals surface area contributed by atoms with Crippen LogP contribution in [0.25, 0.3) is 10.9 Å². The van der Waals surface area contributed by atoms with Gasteiger partial charge in [-0.15, -0.1) is 0 Å². The van der Waals surface area contributed by atoms with E-state index in [4.69, 9.17) is 10.7 Å². The largest absolute Gasteiger partial charge is 0.399 e. The standard InChI is InChI=1S/C22H25N7/c1-2-8-25-17-7-9-29(14-17)21-19-5-3-4-6-20(19)27-22(28-21)26-18-11-15(13-23)10-16(24)12-18/h3-6,10-12,17,25H,2,7-9,14,24H2,1H3,(H,26,27,28)/t17-/m0/s1. The van der Waals surface area contributed by atoms with E-state index in [1.807, 2.05) is 18.2 Å². The summed E-state index contributed by atoms with van der Waals surface area (Å²) in [6.45, 7) is 5.10. The number of nitrogens with two attached hydrogens (primary N) is 1. The molecule has 0 unspecified atom stereocenters. The van der Waals surface area contributed by atoms with Gasteiger partial charge in [-0.1, -0.05) is 19.1 Å². The van der Waals surface area contributed by atoms with Gasteiger partial charge >= 0.3 is 0 Å². The second-order valence-corrected chi connectivity index (χ2v) is 7.35. The molecule has 4 rings (SSSR count). The lowest BCUT2D eigenvalue weighted by atomic mass is 10.2. The quantitative estimate of drug-likeness (QED) is 0.557. The van der Waals surface area contributed by atoms with Gasteiger partial charge in [0, 0.05) is 35.9 Å². The highest BCUT2D eigenvalue weighted by Crippen LogP contribution is 2.29. The van der Waals surface area contributed by atoms with E-state index in [-0.39, 0.29) is 0 Å². The van der Waals surface area contributed by atoms with Crippen LogP contribution in [-0.4, -0.2) is 35.6 Å². The van der Waals surface area contributed by atoms with Gasteiger partial charge in [0.25, 0.3) is 0 Å². The third-order valence-corrected chi connectivity index (χ3v) is 5.09. The van der Waals surface area contributed by atoms with Crippen LogP contribution in [0.3, 0.4) is 0 Å². The molecule has 1 aliphatic heterocycles. The molecule has 1 aliphatic rings. The van der Waals surface area contributed by atoms with E-state index in [2.05, 4.69) is 39.6 Å². The van der Waals surface area contributed by atoms with Crippen LogP contribution >= 0.6 is 0 Å². The average molecular weight is 387 g/mol. The summed E-state index contributed by atoms with van der Waals surface area (Å²) in [5.74, 6) is 1.43. The Kier molecular flexibility index (Phi) is 5.45. The number of nitrogen functional groups attached to an aromatic ring is 1. The Hall–Kier alpha value is -3.37. The van der Waals surface area contributed by atoms with Crippen LogP contribution in [0.5, 0.6) is 0 Å². The van der Waals surface area contributed by atoms with E-state index in [1.54, 1.807) is 18.2 Å². The molecule has 1 atom stereocenters. The van der Waals surface area contributed by atoms with E-state index in [1.165, 1.54) is 0 Å². The Labute approximate surface area is 170 Å². The molecule has 2 heterocycles. The molecule has 0 spiro atoms. The Balaban J connectivity index is 1.67. The third kappa shape index (κ3) is 4.23. The minimum Gasteiger partial charge on any atom is -0.399 e. The van der Waals surface area contributed by atoms with Crippen molar-refractivity contribution < 1.29 is 0 Å². The first-order valence-corrected chi connectivity index (χ1v) is 9.99. The normalized spacial score (nSPS) is 16.1. The van der Waals surface area contributed by atoms with Crippen LogP contribution in [0.2, 0.25) is 0 Å². The summed E-state index contributed by atoms with van der Waals surface area (Å²) < 4.78 is 0. The van der Waals surface area contributed by atoms with Gasteiger partial charge in [-0.3, -0.25) is 0 Å². The summed E-state index contributed by atoms with van der Waals surface area (Å²) in [6, 6.07) is 15.8. The third-order valence-electron chi connectivity index (χ3n) is 5.09. The molecular weight excluding hydrogens is 362 g/mol. The number of anilines is 4. The fraction of sp³-hybridized carbons (Fsp3) is 0.318. The van der Waals surface area contributed by atoms with Crippen LogP contribution in [0.4, 0.5) is 23.1 Å². The van der Waals surface area contributed by atoms with Crippen LogP contribution in [-0.2, 0) is 0 Å². The lowest BCUT2D eigenvalue weighted by Crippen LogP contribution is -2.33. The van der Waals surface area contributed by atoms with Crippen molar-refractivity contribution in [2.24, 2.45) is 0 Å². The number of hydrogen-bond acceptors (Lipinski definition) is 7. The van der Waals surface area contributed by atoms with E-state index in [9.17, 15) is 5.26 Å². The number of nitrogens with zero attached hydrogens (tertiary/aromatic N) is 4. The van der Waals surface area contributed by atoms with Crippen molar-refractivity contribution in [2.45, 2.75) is 25.8 Å². The first-order valence-electron chi connectivity index (χ1n) is 9.99. The average Bonchev–Trinajstić information content (AvgIpc) is 3.20. The Bertz CT molecular complexity index is 1060. The van der Waals surface area contributed by atoms with Crippen LogP contribution < -0.4 is 21.3 Å². The van der Waals surface area contributed by atoms with Crippen molar-refractivity contribution in [1.82, 2.24) is 15.3 Å². The van der Waals surface area contributed by atoms with Gasteiger partial charge in [0.1, 0.15) is 5.82 Å². The minimum atomic E-state index is 0.479. The first-order chi connectivity index (χ1) is 14.2. The molecule has 7 nitrogen and oxygen atoms in total. The van der Waals surface area contributed by atoms with Crippen molar-refractivity contribution in [3.05, 3.63) is 48.0 Å². The van der Waals surface area contributed by atoms with Crippen molar-refractivity contribution in [2.75, 3.05) is 35.6 Å². The molecule has 0 amide bonds. The van der Waals surface area contributed by atoms with Gasteiger partial charge in [-0.05, 0) is 49.7 Å². The van der Waals surface area contributed by atoms with Crippen molar-refractivity contribution >= 4 is 34.0 Å². The number of para-hydroxylation sites is 1. The van der Waals surface area contributed by atoms with Gasteiger partial charge < -0.3 is 21.3 Å². The summed E-state index contributed by atoms with van der Waals surface area (Å²) in [5.41, 5.74) is 8.52. The van der Waals surface area contributed by atoms with E-state index in [0.717, 1.165) is 49.2 Å². The minimum absolute atomic E-state index is 0.479. The van der Waals surface area contributed by atoms with E-state index < -0.39 is 0 Å².